The number of halogens is 1. The van der Waals surface area contributed by atoms with Crippen LogP contribution in [0.3, 0.4) is 0 Å². The van der Waals surface area contributed by atoms with Gasteiger partial charge in [-0.25, -0.2) is 4.79 Å². The lowest BCUT2D eigenvalue weighted by Gasteiger charge is -2.07. The van der Waals surface area contributed by atoms with E-state index in [1.54, 1.807) is 48.5 Å². The summed E-state index contributed by atoms with van der Waals surface area (Å²) in [5.41, 5.74) is 1.30. The van der Waals surface area contributed by atoms with Gasteiger partial charge in [-0.15, -0.1) is 0 Å². The molecule has 0 saturated heterocycles. The Kier molecular flexibility index (Phi) is 5.48. The fourth-order valence-corrected chi connectivity index (χ4v) is 1.97. The van der Waals surface area contributed by atoms with Gasteiger partial charge in [-0.3, -0.25) is 15.4 Å². The van der Waals surface area contributed by atoms with Gasteiger partial charge in [0, 0.05) is 23.2 Å². The summed E-state index contributed by atoms with van der Waals surface area (Å²) in [4.78, 5) is 21.9. The van der Waals surface area contributed by atoms with Gasteiger partial charge in [-0.05, 0) is 42.0 Å². The van der Waals surface area contributed by atoms with Crippen LogP contribution in [0.25, 0.3) is 6.08 Å². The second-order valence-corrected chi connectivity index (χ2v) is 5.55. The minimum atomic E-state index is -0.614. The number of amides is 1. The van der Waals surface area contributed by atoms with E-state index in [2.05, 4.69) is 21.2 Å². The van der Waals surface area contributed by atoms with Gasteiger partial charge < -0.3 is 4.74 Å². The summed E-state index contributed by atoms with van der Waals surface area (Å²) in [5, 5.41) is 13.2. The summed E-state index contributed by atoms with van der Waals surface area (Å²) >= 11 is 3.31. The zero-order valence-corrected chi connectivity index (χ0v) is 13.7. The normalized spacial score (nSPS) is 11.0. The molecule has 2 aromatic carbocycles. The maximum Gasteiger partial charge on any atom is 0.417 e. The van der Waals surface area contributed by atoms with E-state index < -0.39 is 11.0 Å². The number of carbonyl (C=O) groups is 1. The molecule has 0 spiro atoms. The highest BCUT2D eigenvalue weighted by Gasteiger charge is 2.06. The van der Waals surface area contributed by atoms with Gasteiger partial charge in [-0.2, -0.15) is 0 Å². The monoisotopic (exact) mass is 376 g/mol. The van der Waals surface area contributed by atoms with Gasteiger partial charge in [0.1, 0.15) is 5.75 Å². The maximum atomic E-state index is 11.8. The van der Waals surface area contributed by atoms with Crippen molar-refractivity contribution in [2.24, 2.45) is 0 Å². The number of ether oxygens (including phenoxy) is 1. The van der Waals surface area contributed by atoms with Crippen molar-refractivity contribution in [3.8, 4) is 5.75 Å². The Labute approximate surface area is 141 Å². The first-order valence-corrected chi connectivity index (χ1v) is 7.40. The Hall–Kier alpha value is -2.67. The van der Waals surface area contributed by atoms with E-state index in [1.807, 2.05) is 0 Å². The van der Waals surface area contributed by atoms with Crippen molar-refractivity contribution >= 4 is 33.8 Å². The van der Waals surface area contributed by atoms with Crippen LogP contribution in [-0.2, 0) is 0 Å². The number of rotatable bonds is 4. The number of benzene rings is 2. The summed E-state index contributed by atoms with van der Waals surface area (Å²) in [6, 6.07) is 13.5. The van der Waals surface area contributed by atoms with Crippen LogP contribution < -0.4 is 10.1 Å². The largest absolute Gasteiger partial charge is 0.417 e. The molecule has 23 heavy (non-hydrogen) atoms. The number of allylic oxidation sites excluding steroid dienone is 1. The van der Waals surface area contributed by atoms with E-state index in [4.69, 9.17) is 4.74 Å². The summed E-state index contributed by atoms with van der Waals surface area (Å²) in [5.74, 6) is 0.343. The fourth-order valence-electron chi connectivity index (χ4n) is 1.71. The third-order valence-electron chi connectivity index (χ3n) is 2.84. The van der Waals surface area contributed by atoms with E-state index in [1.165, 1.54) is 13.0 Å². The molecule has 0 atom stereocenters. The molecule has 118 valence electrons. The average molecular weight is 377 g/mol. The molecule has 1 N–H and O–H groups in total. The number of carbonyl (C=O) groups excluding carboxylic acids is 1. The third kappa shape index (κ3) is 5.23. The van der Waals surface area contributed by atoms with Crippen LogP contribution in [-0.4, -0.2) is 11.0 Å². The fraction of sp³-hybridized carbons (Fsp3) is 0.0625. The van der Waals surface area contributed by atoms with Crippen LogP contribution in [0.5, 0.6) is 5.75 Å². The molecule has 0 radical (unpaired) electrons. The predicted octanol–water partition coefficient (Wildman–Crippen LogP) is 4.70. The Bertz CT molecular complexity index is 740. The smallest absolute Gasteiger partial charge is 0.410 e. The molecule has 6 nitrogen and oxygen atoms in total. The molecule has 1 amide bonds. The van der Waals surface area contributed by atoms with E-state index in [0.29, 0.717) is 17.0 Å². The number of hydrogen-bond acceptors (Lipinski definition) is 4. The first-order valence-electron chi connectivity index (χ1n) is 6.61. The number of anilines is 1. The molecule has 0 fully saturated rings. The van der Waals surface area contributed by atoms with Crippen molar-refractivity contribution in [2.75, 3.05) is 5.32 Å². The number of nitro groups is 1. The summed E-state index contributed by atoms with van der Waals surface area (Å²) in [7, 11) is 0. The van der Waals surface area contributed by atoms with E-state index in [9.17, 15) is 14.9 Å². The first-order chi connectivity index (χ1) is 10.9. The van der Waals surface area contributed by atoms with Gasteiger partial charge in [0.05, 0.1) is 4.92 Å². The van der Waals surface area contributed by atoms with Crippen LogP contribution in [0.1, 0.15) is 12.5 Å². The second kappa shape index (κ2) is 7.55. The quantitative estimate of drug-likeness (QED) is 0.619. The lowest BCUT2D eigenvalue weighted by atomic mass is 10.2. The predicted molar refractivity (Wildman–Crippen MR) is 90.9 cm³/mol. The highest BCUT2D eigenvalue weighted by Crippen LogP contribution is 2.17. The summed E-state index contributed by atoms with van der Waals surface area (Å²) < 4.78 is 6.05. The van der Waals surface area contributed by atoms with Gasteiger partial charge in [0.2, 0.25) is 5.70 Å². The molecule has 2 aromatic rings. The topological polar surface area (TPSA) is 81.5 Å². The Morgan fingerprint density at radius 2 is 1.78 bits per heavy atom. The van der Waals surface area contributed by atoms with Crippen molar-refractivity contribution in [2.45, 2.75) is 6.92 Å². The van der Waals surface area contributed by atoms with E-state index in [0.717, 1.165) is 4.47 Å². The van der Waals surface area contributed by atoms with Gasteiger partial charge in [0.25, 0.3) is 0 Å². The van der Waals surface area contributed by atoms with E-state index >= 15 is 0 Å². The lowest BCUT2D eigenvalue weighted by Crippen LogP contribution is -2.16. The zero-order valence-electron chi connectivity index (χ0n) is 12.2. The highest BCUT2D eigenvalue weighted by atomic mass is 79.9. The maximum absolute atomic E-state index is 11.8. The van der Waals surface area contributed by atoms with E-state index in [-0.39, 0.29) is 5.70 Å². The summed E-state index contributed by atoms with van der Waals surface area (Å²) in [6.45, 7) is 1.41. The minimum Gasteiger partial charge on any atom is -0.410 e. The molecule has 0 aliphatic rings. The molecule has 0 aliphatic heterocycles. The lowest BCUT2D eigenvalue weighted by molar-refractivity contribution is -0.422. The molecule has 0 bridgehead atoms. The van der Waals surface area contributed by atoms with Crippen LogP contribution in [0.2, 0.25) is 0 Å². The Balaban J connectivity index is 1.97. The standard InChI is InChI=1S/C16H13BrN2O4/c1-11(19(21)22)10-12-2-8-15(9-3-12)23-16(20)18-14-6-4-13(17)5-7-14/h2-10H,1H3,(H,18,20). The van der Waals surface area contributed by atoms with Crippen LogP contribution in [0.15, 0.2) is 58.7 Å². The number of nitrogens with one attached hydrogen (secondary N) is 1. The van der Waals surface area contributed by atoms with Gasteiger partial charge in [0.15, 0.2) is 0 Å². The van der Waals surface area contributed by atoms with Crippen LogP contribution in [0.4, 0.5) is 10.5 Å². The van der Waals surface area contributed by atoms with Crippen molar-refractivity contribution < 1.29 is 14.5 Å². The Morgan fingerprint density at radius 3 is 2.35 bits per heavy atom. The molecular weight excluding hydrogens is 364 g/mol. The number of hydrogen-bond donors (Lipinski definition) is 1. The minimum absolute atomic E-state index is 0.0339. The third-order valence-corrected chi connectivity index (χ3v) is 3.37. The average Bonchev–Trinajstić information content (AvgIpc) is 2.51. The molecule has 2 rings (SSSR count). The second-order valence-electron chi connectivity index (χ2n) is 4.63. The summed E-state index contributed by atoms with van der Waals surface area (Å²) in [6.07, 6.45) is 0.822. The highest BCUT2D eigenvalue weighted by molar-refractivity contribution is 9.10. The molecule has 0 saturated carbocycles. The molecule has 0 heterocycles. The SMILES string of the molecule is CC(=Cc1ccc(OC(=O)Nc2ccc(Br)cc2)cc1)[N+](=O)[O-]. The van der Waals surface area contributed by atoms with Crippen molar-refractivity contribution in [1.82, 2.24) is 0 Å². The molecular formula is C16H13BrN2O4. The van der Waals surface area contributed by atoms with Gasteiger partial charge >= 0.3 is 6.09 Å². The van der Waals surface area contributed by atoms with Crippen LogP contribution >= 0.6 is 15.9 Å². The van der Waals surface area contributed by atoms with Crippen LogP contribution in [0, 0.1) is 10.1 Å². The molecule has 0 aromatic heterocycles. The molecule has 0 unspecified atom stereocenters. The number of nitrogens with zero attached hydrogens (tertiary/aromatic N) is 1. The first kappa shape index (κ1) is 16.7. The van der Waals surface area contributed by atoms with Gasteiger partial charge in [-0.1, -0.05) is 28.1 Å². The van der Waals surface area contributed by atoms with Crippen molar-refractivity contribution in [3.63, 3.8) is 0 Å². The van der Waals surface area contributed by atoms with Crippen molar-refractivity contribution in [3.05, 3.63) is 74.4 Å². The Morgan fingerprint density at radius 1 is 1.17 bits per heavy atom. The molecule has 0 aliphatic carbocycles. The van der Waals surface area contributed by atoms with Crippen molar-refractivity contribution in [1.29, 1.82) is 0 Å². The zero-order chi connectivity index (χ0) is 16.8. The molecule has 7 heteroatoms.